The van der Waals surface area contributed by atoms with Crippen molar-refractivity contribution in [1.82, 2.24) is 4.57 Å². The molecule has 3 nitrogen and oxygen atoms in total. The van der Waals surface area contributed by atoms with Gasteiger partial charge in [-0.15, -0.1) is 12.6 Å². The van der Waals surface area contributed by atoms with Crippen molar-refractivity contribution in [1.29, 1.82) is 0 Å². The van der Waals surface area contributed by atoms with Crippen molar-refractivity contribution in [3.05, 3.63) is 57.5 Å². The SMILES string of the molecule is CCCCC(CC)Oc1cc(/C=C/n2c(C)cc(=O)cc2C)ccc1S. The fourth-order valence-electron chi connectivity index (χ4n) is 2.95. The number of aromatic nitrogens is 1. The maximum absolute atomic E-state index is 11.6. The first kappa shape index (κ1) is 20.4. The molecule has 0 N–H and O–H groups in total. The number of thiol groups is 1. The van der Waals surface area contributed by atoms with Gasteiger partial charge >= 0.3 is 0 Å². The van der Waals surface area contributed by atoms with E-state index in [9.17, 15) is 4.79 Å². The summed E-state index contributed by atoms with van der Waals surface area (Å²) >= 11 is 4.54. The Balaban J connectivity index is 2.22. The molecule has 4 heteroatoms. The molecule has 2 rings (SSSR count). The van der Waals surface area contributed by atoms with Crippen molar-refractivity contribution in [3.63, 3.8) is 0 Å². The van der Waals surface area contributed by atoms with Crippen LogP contribution in [0.3, 0.4) is 0 Å². The average Bonchev–Trinajstić information content (AvgIpc) is 2.59. The monoisotopic (exact) mass is 371 g/mol. The van der Waals surface area contributed by atoms with E-state index in [4.69, 9.17) is 4.74 Å². The lowest BCUT2D eigenvalue weighted by Gasteiger charge is -2.19. The third kappa shape index (κ3) is 5.53. The van der Waals surface area contributed by atoms with Crippen LogP contribution in [0.5, 0.6) is 5.75 Å². The van der Waals surface area contributed by atoms with E-state index in [-0.39, 0.29) is 11.5 Å². The van der Waals surface area contributed by atoms with Gasteiger partial charge in [0, 0.05) is 34.6 Å². The number of rotatable bonds is 8. The topological polar surface area (TPSA) is 31.2 Å². The summed E-state index contributed by atoms with van der Waals surface area (Å²) in [5, 5.41) is 0. The number of hydrogen-bond donors (Lipinski definition) is 1. The zero-order chi connectivity index (χ0) is 19.1. The second-order valence-corrected chi connectivity index (χ2v) is 7.16. The Morgan fingerprint density at radius 2 is 1.85 bits per heavy atom. The Kier molecular flexibility index (Phi) is 7.58. The Labute approximate surface area is 162 Å². The van der Waals surface area contributed by atoms with Gasteiger partial charge in [0.1, 0.15) is 5.75 Å². The molecular weight excluding hydrogens is 342 g/mol. The molecule has 26 heavy (non-hydrogen) atoms. The molecule has 1 heterocycles. The molecule has 1 unspecified atom stereocenters. The molecule has 2 aromatic rings. The number of aryl methyl sites for hydroxylation is 2. The lowest BCUT2D eigenvalue weighted by atomic mass is 10.1. The van der Waals surface area contributed by atoms with Gasteiger partial charge in [0.2, 0.25) is 0 Å². The van der Waals surface area contributed by atoms with E-state index >= 15 is 0 Å². The van der Waals surface area contributed by atoms with Crippen LogP contribution in [0.25, 0.3) is 12.3 Å². The number of pyridine rings is 1. The summed E-state index contributed by atoms with van der Waals surface area (Å²) in [5.74, 6) is 0.826. The van der Waals surface area contributed by atoms with Crippen LogP contribution in [0, 0.1) is 13.8 Å². The average molecular weight is 372 g/mol. The number of nitrogens with zero attached hydrogens (tertiary/aromatic N) is 1. The first-order chi connectivity index (χ1) is 12.4. The van der Waals surface area contributed by atoms with E-state index < -0.39 is 0 Å². The molecule has 0 aliphatic heterocycles. The molecule has 0 saturated carbocycles. The largest absolute Gasteiger partial charge is 0.489 e. The van der Waals surface area contributed by atoms with Crippen LogP contribution in [0.15, 0.2) is 40.0 Å². The highest BCUT2D eigenvalue weighted by atomic mass is 32.1. The zero-order valence-corrected chi connectivity index (χ0v) is 17.1. The van der Waals surface area contributed by atoms with Crippen molar-refractivity contribution in [2.45, 2.75) is 64.4 Å². The van der Waals surface area contributed by atoms with Gasteiger partial charge in [-0.2, -0.15) is 0 Å². The first-order valence-corrected chi connectivity index (χ1v) is 9.77. The predicted octanol–water partition coefficient (Wildman–Crippen LogP) is 5.73. The summed E-state index contributed by atoms with van der Waals surface area (Å²) in [4.78, 5) is 12.4. The summed E-state index contributed by atoms with van der Waals surface area (Å²) in [7, 11) is 0. The quantitative estimate of drug-likeness (QED) is 0.601. The minimum Gasteiger partial charge on any atom is -0.489 e. The van der Waals surface area contributed by atoms with Crippen LogP contribution in [0.4, 0.5) is 0 Å². The number of hydrogen-bond acceptors (Lipinski definition) is 3. The van der Waals surface area contributed by atoms with E-state index in [1.807, 2.05) is 48.9 Å². The summed E-state index contributed by atoms with van der Waals surface area (Å²) in [6, 6.07) is 9.30. The van der Waals surface area contributed by atoms with E-state index in [0.717, 1.165) is 40.4 Å². The first-order valence-electron chi connectivity index (χ1n) is 9.32. The molecule has 0 fully saturated rings. The predicted molar refractivity (Wildman–Crippen MR) is 113 cm³/mol. The van der Waals surface area contributed by atoms with Gasteiger partial charge in [-0.3, -0.25) is 4.79 Å². The maximum atomic E-state index is 11.6. The normalized spacial score (nSPS) is 12.5. The zero-order valence-electron chi connectivity index (χ0n) is 16.2. The third-order valence-electron chi connectivity index (χ3n) is 4.49. The van der Waals surface area contributed by atoms with Crippen molar-refractivity contribution >= 4 is 24.9 Å². The van der Waals surface area contributed by atoms with Gasteiger partial charge in [-0.1, -0.05) is 32.8 Å². The van der Waals surface area contributed by atoms with Crippen molar-refractivity contribution in [2.24, 2.45) is 0 Å². The van der Waals surface area contributed by atoms with E-state index in [1.165, 1.54) is 12.8 Å². The lowest BCUT2D eigenvalue weighted by molar-refractivity contribution is 0.179. The molecular formula is C22H29NO2S. The molecule has 0 amide bonds. The number of benzene rings is 1. The van der Waals surface area contributed by atoms with Crippen LogP contribution < -0.4 is 10.2 Å². The minimum atomic E-state index is 0.0393. The van der Waals surface area contributed by atoms with Gasteiger partial charge in [0.25, 0.3) is 0 Å². The van der Waals surface area contributed by atoms with Crippen LogP contribution in [-0.2, 0) is 0 Å². The summed E-state index contributed by atoms with van der Waals surface area (Å²) in [5.41, 5.74) is 2.91. The van der Waals surface area contributed by atoms with Crippen molar-refractivity contribution < 1.29 is 4.74 Å². The van der Waals surface area contributed by atoms with Crippen molar-refractivity contribution in [3.8, 4) is 5.75 Å². The van der Waals surface area contributed by atoms with Gasteiger partial charge in [0.15, 0.2) is 5.43 Å². The smallest absolute Gasteiger partial charge is 0.182 e. The molecule has 0 aliphatic rings. The van der Waals surface area contributed by atoms with Crippen LogP contribution in [-0.4, -0.2) is 10.7 Å². The van der Waals surface area contributed by atoms with Crippen LogP contribution in [0.1, 0.15) is 56.5 Å². The molecule has 0 bridgehead atoms. The summed E-state index contributed by atoms with van der Waals surface area (Å²) in [6.45, 7) is 8.22. The Morgan fingerprint density at radius 3 is 2.46 bits per heavy atom. The second-order valence-electron chi connectivity index (χ2n) is 6.68. The standard InChI is InChI=1S/C22H29NO2S/c1-5-7-8-20(6-2)25-21-15-18(9-10-22(21)26)11-12-23-16(3)13-19(24)14-17(23)4/h9-15,20,26H,5-8H2,1-4H3/b12-11+. The number of ether oxygens (including phenoxy) is 1. The highest BCUT2D eigenvalue weighted by Gasteiger charge is 2.10. The molecule has 0 radical (unpaired) electrons. The second kappa shape index (κ2) is 9.67. The fourth-order valence-corrected chi connectivity index (χ4v) is 3.14. The molecule has 1 atom stereocenters. The highest BCUT2D eigenvalue weighted by Crippen LogP contribution is 2.27. The molecule has 0 aliphatic carbocycles. The van der Waals surface area contributed by atoms with E-state index in [2.05, 4.69) is 26.5 Å². The van der Waals surface area contributed by atoms with Crippen molar-refractivity contribution in [2.75, 3.05) is 0 Å². The number of unbranched alkanes of at least 4 members (excludes halogenated alkanes) is 1. The minimum absolute atomic E-state index is 0.0393. The Bertz CT molecular complexity index is 797. The lowest BCUT2D eigenvalue weighted by Crippen LogP contribution is -2.15. The fraction of sp³-hybridized carbons (Fsp3) is 0.409. The van der Waals surface area contributed by atoms with Gasteiger partial charge < -0.3 is 9.30 Å². The molecule has 0 saturated heterocycles. The van der Waals surface area contributed by atoms with E-state index in [0.29, 0.717) is 0 Å². The molecule has 0 spiro atoms. The van der Waals surface area contributed by atoms with E-state index in [1.54, 1.807) is 12.1 Å². The molecule has 1 aromatic carbocycles. The molecule has 1 aromatic heterocycles. The summed E-state index contributed by atoms with van der Waals surface area (Å²) < 4.78 is 8.20. The van der Waals surface area contributed by atoms with Gasteiger partial charge in [-0.05, 0) is 50.5 Å². The Hall–Kier alpha value is -1.94. The molecule has 140 valence electrons. The third-order valence-corrected chi connectivity index (χ3v) is 4.86. The maximum Gasteiger partial charge on any atom is 0.182 e. The van der Waals surface area contributed by atoms with Gasteiger partial charge in [0.05, 0.1) is 6.10 Å². The van der Waals surface area contributed by atoms with Gasteiger partial charge in [-0.25, -0.2) is 0 Å². The highest BCUT2D eigenvalue weighted by molar-refractivity contribution is 7.80. The van der Waals surface area contributed by atoms with Crippen LogP contribution in [0.2, 0.25) is 0 Å². The van der Waals surface area contributed by atoms with Crippen LogP contribution >= 0.6 is 12.6 Å². The summed E-state index contributed by atoms with van der Waals surface area (Å²) in [6.07, 6.45) is 8.63. The Morgan fingerprint density at radius 1 is 1.15 bits per heavy atom.